The lowest BCUT2D eigenvalue weighted by Crippen LogP contribution is -2.02. The molecule has 0 N–H and O–H groups in total. The molecule has 0 unspecified atom stereocenters. The summed E-state index contributed by atoms with van der Waals surface area (Å²) in [6.07, 6.45) is 28.3. The third-order valence-electron chi connectivity index (χ3n) is 3.32. The summed E-state index contributed by atoms with van der Waals surface area (Å²) in [5, 5.41) is 0. The Balaban J connectivity index is 3.70. The van der Waals surface area contributed by atoms with Crippen molar-refractivity contribution in [2.45, 2.75) is 71.6 Å². The Kier molecular flexibility index (Phi) is 12.5. The number of carbonyl (C=O) groups excluding carboxylic acids is 1. The Morgan fingerprint density at radius 1 is 0.840 bits per heavy atom. The molecule has 0 aliphatic rings. The van der Waals surface area contributed by atoms with Crippen molar-refractivity contribution in [3.63, 3.8) is 0 Å². The van der Waals surface area contributed by atoms with Crippen molar-refractivity contribution in [2.75, 3.05) is 6.56 Å². The zero-order chi connectivity index (χ0) is 22.7. The molecule has 0 heterocycles. The van der Waals surface area contributed by atoms with E-state index in [4.69, 9.17) is 6.85 Å². The average molecular weight is 350 g/mol. The number of esters is 1. The molecule has 2 nitrogen and oxygen atoms in total. The molecular weight excluding hydrogens is 308 g/mol. The highest BCUT2D eigenvalue weighted by atomic mass is 16.5. The highest BCUT2D eigenvalue weighted by Crippen LogP contribution is 2.03. The van der Waals surface area contributed by atoms with E-state index in [0.717, 1.165) is 44.9 Å². The summed E-state index contributed by atoms with van der Waals surface area (Å²) in [5.74, 6) is -0.820. The van der Waals surface area contributed by atoms with Crippen molar-refractivity contribution in [3.05, 3.63) is 60.8 Å². The monoisotopic (exact) mass is 349 g/mol. The van der Waals surface area contributed by atoms with Gasteiger partial charge in [0.25, 0.3) is 0 Å². The molecule has 0 spiro atoms. The quantitative estimate of drug-likeness (QED) is 0.183. The summed E-state index contributed by atoms with van der Waals surface area (Å²) in [5.41, 5.74) is 0. The first-order chi connectivity index (χ1) is 14.2. The highest BCUT2D eigenvalue weighted by molar-refractivity contribution is 5.69. The Bertz CT molecular complexity index is 599. The molecule has 0 aliphatic carbocycles. The van der Waals surface area contributed by atoms with E-state index < -0.39 is 19.4 Å². The van der Waals surface area contributed by atoms with E-state index in [1.54, 1.807) is 0 Å². The molecule has 0 bridgehead atoms. The predicted molar refractivity (Wildman–Crippen MR) is 110 cm³/mol. The molecule has 0 aromatic rings. The molecule has 0 fully saturated rings. The Hall–Kier alpha value is -1.83. The molecule has 0 amide bonds. The van der Waals surface area contributed by atoms with Crippen molar-refractivity contribution in [2.24, 2.45) is 0 Å². The van der Waals surface area contributed by atoms with Gasteiger partial charge in [-0.05, 0) is 58.2 Å². The minimum Gasteiger partial charge on any atom is -0.466 e. The van der Waals surface area contributed by atoms with Crippen LogP contribution in [0.5, 0.6) is 0 Å². The fraction of sp³-hybridized carbons (Fsp3) is 0.522. The molecule has 25 heavy (non-hydrogen) atoms. The van der Waals surface area contributed by atoms with Crippen LogP contribution in [0.25, 0.3) is 0 Å². The first kappa shape index (κ1) is 15.4. The highest BCUT2D eigenvalue weighted by Gasteiger charge is 1.99. The van der Waals surface area contributed by atoms with Crippen LogP contribution in [0, 0.1) is 0 Å². The SMILES string of the molecule is [2H]C([2H])([2H])C([2H])([2H])OC(=O)CCCC/C=C\C/C=C\C/C=C\C/C=C\C/C=C\CC. The molecule has 0 aromatic heterocycles. The summed E-state index contributed by atoms with van der Waals surface area (Å²) < 4.78 is 39.9. The minimum absolute atomic E-state index is 0.0142. The zero-order valence-electron chi connectivity index (χ0n) is 20.5. The summed E-state index contributed by atoms with van der Waals surface area (Å²) in [4.78, 5) is 11.5. The number of rotatable bonds is 15. The van der Waals surface area contributed by atoms with Gasteiger partial charge in [-0.2, -0.15) is 0 Å². The molecular formula is C23H36O2. The van der Waals surface area contributed by atoms with Crippen LogP contribution in [0.1, 0.15) is 78.4 Å². The number of unbranched alkanes of at least 4 members (excludes halogenated alkanes) is 2. The summed E-state index contributed by atoms with van der Waals surface area (Å²) in [7, 11) is 0. The second kappa shape index (κ2) is 20.2. The van der Waals surface area contributed by atoms with Crippen LogP contribution in [0.3, 0.4) is 0 Å². The van der Waals surface area contributed by atoms with E-state index in [2.05, 4.69) is 66.3 Å². The standard InChI is InChI=1S/C23H36O2/c1-3-5-6-7-8-9-10-11-12-13-14-15-16-17-18-19-20-21-22-23(24)25-4-2/h5-6,8-9,11-12,14-15,17-18H,3-4,7,10,13,16,19-22H2,1-2H3/b6-5-,9-8-,12-11-,15-14-,18-17-/i2D3,4D2. The van der Waals surface area contributed by atoms with Gasteiger partial charge in [-0.15, -0.1) is 0 Å². The summed E-state index contributed by atoms with van der Waals surface area (Å²) in [6.45, 7) is -3.78. The van der Waals surface area contributed by atoms with Gasteiger partial charge in [-0.25, -0.2) is 0 Å². The number of allylic oxidation sites excluding steroid dienone is 10. The maximum Gasteiger partial charge on any atom is 0.305 e. The molecule has 140 valence electrons. The summed E-state index contributed by atoms with van der Waals surface area (Å²) >= 11 is 0. The lowest BCUT2D eigenvalue weighted by atomic mass is 10.2. The third-order valence-corrected chi connectivity index (χ3v) is 3.32. The van der Waals surface area contributed by atoms with Gasteiger partial charge in [0.2, 0.25) is 0 Å². The van der Waals surface area contributed by atoms with Crippen LogP contribution in [0.4, 0.5) is 0 Å². The number of ether oxygens (including phenoxy) is 1. The van der Waals surface area contributed by atoms with Crippen LogP contribution < -0.4 is 0 Å². The van der Waals surface area contributed by atoms with Crippen molar-refractivity contribution in [3.8, 4) is 0 Å². The maximum absolute atomic E-state index is 11.5. The maximum atomic E-state index is 11.5. The molecule has 0 saturated heterocycles. The van der Waals surface area contributed by atoms with Gasteiger partial charge >= 0.3 is 5.97 Å². The van der Waals surface area contributed by atoms with E-state index in [-0.39, 0.29) is 6.42 Å². The normalized spacial score (nSPS) is 16.6. The topological polar surface area (TPSA) is 26.3 Å². The lowest BCUT2D eigenvalue weighted by molar-refractivity contribution is -0.143. The van der Waals surface area contributed by atoms with Gasteiger partial charge in [-0.3, -0.25) is 4.79 Å². The first-order valence-electron chi connectivity index (χ1n) is 11.7. The molecule has 0 aromatic carbocycles. The number of hydrogen-bond donors (Lipinski definition) is 0. The fourth-order valence-corrected chi connectivity index (χ4v) is 2.01. The molecule has 0 atom stereocenters. The van der Waals surface area contributed by atoms with Gasteiger partial charge in [-0.1, -0.05) is 67.7 Å². The second-order valence-corrected chi connectivity index (χ2v) is 5.53. The zero-order valence-corrected chi connectivity index (χ0v) is 15.5. The lowest BCUT2D eigenvalue weighted by Gasteiger charge is -1.99. The van der Waals surface area contributed by atoms with E-state index in [0.29, 0.717) is 6.42 Å². The van der Waals surface area contributed by atoms with Crippen molar-refractivity contribution in [1.82, 2.24) is 0 Å². The molecule has 0 saturated carbocycles. The molecule has 2 heteroatoms. The van der Waals surface area contributed by atoms with E-state index in [9.17, 15) is 4.79 Å². The van der Waals surface area contributed by atoms with Crippen LogP contribution in [0.2, 0.25) is 0 Å². The van der Waals surface area contributed by atoms with Gasteiger partial charge in [0, 0.05) is 10.5 Å². The number of hydrogen-bond acceptors (Lipinski definition) is 2. The smallest absolute Gasteiger partial charge is 0.305 e. The van der Waals surface area contributed by atoms with Gasteiger partial charge < -0.3 is 4.74 Å². The third kappa shape index (κ3) is 20.1. The first-order valence-corrected chi connectivity index (χ1v) is 9.17. The Morgan fingerprint density at radius 2 is 1.36 bits per heavy atom. The van der Waals surface area contributed by atoms with Crippen LogP contribution in [-0.4, -0.2) is 12.5 Å². The van der Waals surface area contributed by atoms with Crippen molar-refractivity contribution >= 4 is 5.97 Å². The average Bonchev–Trinajstić information content (AvgIpc) is 2.65. The van der Waals surface area contributed by atoms with Crippen LogP contribution in [0.15, 0.2) is 60.8 Å². The Morgan fingerprint density at radius 3 is 1.88 bits per heavy atom. The van der Waals surface area contributed by atoms with Gasteiger partial charge in [0.15, 0.2) is 0 Å². The van der Waals surface area contributed by atoms with Gasteiger partial charge in [0.05, 0.1) is 9.30 Å². The summed E-state index contributed by atoms with van der Waals surface area (Å²) in [6, 6.07) is 0. The minimum atomic E-state index is -2.97. The van der Waals surface area contributed by atoms with E-state index >= 15 is 0 Å². The largest absolute Gasteiger partial charge is 0.466 e. The fourth-order valence-electron chi connectivity index (χ4n) is 2.01. The Labute approximate surface area is 162 Å². The van der Waals surface area contributed by atoms with E-state index in [1.165, 1.54) is 0 Å². The van der Waals surface area contributed by atoms with E-state index in [1.807, 2.05) is 6.08 Å². The molecule has 0 aliphatic heterocycles. The van der Waals surface area contributed by atoms with Crippen LogP contribution in [-0.2, 0) is 9.53 Å². The molecule has 0 radical (unpaired) electrons. The van der Waals surface area contributed by atoms with Gasteiger partial charge in [0.1, 0.15) is 0 Å². The van der Waals surface area contributed by atoms with Crippen molar-refractivity contribution in [1.29, 1.82) is 0 Å². The molecule has 0 rings (SSSR count). The van der Waals surface area contributed by atoms with Crippen molar-refractivity contribution < 1.29 is 16.4 Å². The second-order valence-electron chi connectivity index (χ2n) is 5.53. The van der Waals surface area contributed by atoms with Crippen LogP contribution >= 0.6 is 0 Å². The predicted octanol–water partition coefficient (Wildman–Crippen LogP) is 6.86. The number of carbonyl (C=O) groups is 1.